The van der Waals surface area contributed by atoms with E-state index < -0.39 is 0 Å². The molecule has 1 aromatic heterocycles. The van der Waals surface area contributed by atoms with Crippen molar-refractivity contribution in [3.63, 3.8) is 0 Å². The predicted molar refractivity (Wildman–Crippen MR) is 100 cm³/mol. The number of hydrogen-bond acceptors (Lipinski definition) is 2. The number of ether oxygens (including phenoxy) is 1. The largest absolute Gasteiger partial charge is 0.383 e. The van der Waals surface area contributed by atoms with Crippen molar-refractivity contribution in [2.75, 3.05) is 13.7 Å². The summed E-state index contributed by atoms with van der Waals surface area (Å²) in [6.45, 7) is 2.40. The highest BCUT2D eigenvalue weighted by Crippen LogP contribution is 2.34. The van der Waals surface area contributed by atoms with Gasteiger partial charge < -0.3 is 15.0 Å². The van der Waals surface area contributed by atoms with Gasteiger partial charge in [-0.2, -0.15) is 0 Å². The molecule has 0 bridgehead atoms. The van der Waals surface area contributed by atoms with Crippen LogP contribution in [0.25, 0.3) is 22.4 Å². The molecule has 2 N–H and O–H groups in total. The first-order valence-corrected chi connectivity index (χ1v) is 8.32. The fraction of sp³-hybridized carbons (Fsp3) is 0.190. The number of methoxy groups -OCH3 is 1. The SMILES string of the molecule is COCC(C)NC(=O)c1cccc(-c2ccccc2)c1-c1ccc[nH]1. The summed E-state index contributed by atoms with van der Waals surface area (Å²) in [7, 11) is 1.63. The van der Waals surface area contributed by atoms with Gasteiger partial charge in [-0.3, -0.25) is 4.79 Å². The second-order valence-corrected chi connectivity index (χ2v) is 6.01. The summed E-state index contributed by atoms with van der Waals surface area (Å²) in [4.78, 5) is 16.1. The minimum absolute atomic E-state index is 0.0608. The monoisotopic (exact) mass is 334 g/mol. The average Bonchev–Trinajstić information content (AvgIpc) is 3.16. The van der Waals surface area contributed by atoms with Gasteiger partial charge in [-0.25, -0.2) is 0 Å². The number of carbonyl (C=O) groups excluding carboxylic acids is 1. The molecule has 4 nitrogen and oxygen atoms in total. The normalized spacial score (nSPS) is 11.9. The van der Waals surface area contributed by atoms with Crippen LogP contribution >= 0.6 is 0 Å². The molecule has 25 heavy (non-hydrogen) atoms. The molecule has 2 aromatic carbocycles. The van der Waals surface area contributed by atoms with Gasteiger partial charge in [0.2, 0.25) is 0 Å². The number of hydrogen-bond donors (Lipinski definition) is 2. The first-order valence-electron chi connectivity index (χ1n) is 8.32. The molecule has 3 aromatic rings. The van der Waals surface area contributed by atoms with Crippen LogP contribution in [0.15, 0.2) is 66.9 Å². The van der Waals surface area contributed by atoms with Crippen LogP contribution < -0.4 is 5.32 Å². The van der Waals surface area contributed by atoms with Crippen molar-refractivity contribution in [2.45, 2.75) is 13.0 Å². The van der Waals surface area contributed by atoms with Crippen LogP contribution in [0.5, 0.6) is 0 Å². The molecule has 0 radical (unpaired) electrons. The van der Waals surface area contributed by atoms with Crippen LogP contribution in [-0.4, -0.2) is 30.6 Å². The maximum absolute atomic E-state index is 12.8. The van der Waals surface area contributed by atoms with Crippen LogP contribution in [0.1, 0.15) is 17.3 Å². The van der Waals surface area contributed by atoms with Gasteiger partial charge in [-0.05, 0) is 36.2 Å². The van der Waals surface area contributed by atoms with E-state index >= 15 is 0 Å². The Morgan fingerprint density at radius 3 is 2.56 bits per heavy atom. The second-order valence-electron chi connectivity index (χ2n) is 6.01. The zero-order valence-corrected chi connectivity index (χ0v) is 14.5. The summed E-state index contributed by atoms with van der Waals surface area (Å²) >= 11 is 0. The third kappa shape index (κ3) is 3.80. The molecule has 0 aliphatic carbocycles. The van der Waals surface area contributed by atoms with Gasteiger partial charge in [0.05, 0.1) is 6.61 Å². The van der Waals surface area contributed by atoms with Crippen LogP contribution in [0, 0.1) is 0 Å². The molecular formula is C21H22N2O2. The summed E-state index contributed by atoms with van der Waals surface area (Å²) in [5.74, 6) is -0.105. The van der Waals surface area contributed by atoms with E-state index in [1.165, 1.54) is 0 Å². The zero-order valence-electron chi connectivity index (χ0n) is 14.5. The zero-order chi connectivity index (χ0) is 17.6. The number of aromatic amines is 1. The number of amides is 1. The first kappa shape index (κ1) is 17.0. The molecular weight excluding hydrogens is 312 g/mol. The summed E-state index contributed by atoms with van der Waals surface area (Å²) in [5.41, 5.74) is 4.57. The van der Waals surface area contributed by atoms with Crippen molar-refractivity contribution in [2.24, 2.45) is 0 Å². The number of carbonyl (C=O) groups is 1. The number of nitrogens with one attached hydrogen (secondary N) is 2. The van der Waals surface area contributed by atoms with E-state index in [1.807, 2.05) is 61.7 Å². The number of rotatable bonds is 6. The molecule has 0 saturated heterocycles. The molecule has 128 valence electrons. The summed E-state index contributed by atoms with van der Waals surface area (Å²) in [6, 6.07) is 19.8. The maximum atomic E-state index is 12.8. The minimum atomic E-state index is -0.105. The highest BCUT2D eigenvalue weighted by molar-refractivity contribution is 6.04. The van der Waals surface area contributed by atoms with Crippen molar-refractivity contribution in [1.82, 2.24) is 10.3 Å². The highest BCUT2D eigenvalue weighted by atomic mass is 16.5. The van der Waals surface area contributed by atoms with E-state index in [2.05, 4.69) is 22.4 Å². The van der Waals surface area contributed by atoms with Crippen molar-refractivity contribution < 1.29 is 9.53 Å². The maximum Gasteiger partial charge on any atom is 0.252 e. The molecule has 0 spiro atoms. The summed E-state index contributed by atoms with van der Waals surface area (Å²) < 4.78 is 5.12. The molecule has 0 aliphatic heterocycles. The van der Waals surface area contributed by atoms with Gasteiger partial charge in [0, 0.05) is 36.2 Å². The van der Waals surface area contributed by atoms with E-state index in [-0.39, 0.29) is 11.9 Å². The Balaban J connectivity index is 2.08. The van der Waals surface area contributed by atoms with Crippen LogP contribution in [-0.2, 0) is 4.74 Å². The Morgan fingerprint density at radius 2 is 1.88 bits per heavy atom. The Kier molecular flexibility index (Phi) is 5.31. The molecule has 1 atom stereocenters. The summed E-state index contributed by atoms with van der Waals surface area (Å²) in [6.07, 6.45) is 1.87. The lowest BCUT2D eigenvalue weighted by Crippen LogP contribution is -2.35. The number of benzene rings is 2. The lowest BCUT2D eigenvalue weighted by Gasteiger charge is -2.17. The van der Waals surface area contributed by atoms with Gasteiger partial charge in [0.25, 0.3) is 5.91 Å². The van der Waals surface area contributed by atoms with Crippen molar-refractivity contribution in [3.05, 3.63) is 72.4 Å². The van der Waals surface area contributed by atoms with Crippen molar-refractivity contribution in [3.8, 4) is 22.4 Å². The smallest absolute Gasteiger partial charge is 0.252 e. The lowest BCUT2D eigenvalue weighted by atomic mass is 9.93. The van der Waals surface area contributed by atoms with Gasteiger partial charge in [-0.1, -0.05) is 42.5 Å². The van der Waals surface area contributed by atoms with Gasteiger partial charge in [0.1, 0.15) is 0 Å². The molecule has 1 amide bonds. The van der Waals surface area contributed by atoms with E-state index in [1.54, 1.807) is 7.11 Å². The van der Waals surface area contributed by atoms with E-state index in [9.17, 15) is 4.79 Å². The number of aromatic nitrogens is 1. The molecule has 1 heterocycles. The molecule has 4 heteroatoms. The fourth-order valence-corrected chi connectivity index (χ4v) is 2.97. The van der Waals surface area contributed by atoms with Crippen LogP contribution in [0.3, 0.4) is 0 Å². The van der Waals surface area contributed by atoms with Crippen molar-refractivity contribution in [1.29, 1.82) is 0 Å². The Labute approximate surface area is 147 Å². The van der Waals surface area contributed by atoms with E-state index in [0.29, 0.717) is 12.2 Å². The highest BCUT2D eigenvalue weighted by Gasteiger charge is 2.19. The predicted octanol–water partition coefficient (Wildman–Crippen LogP) is 4.11. The van der Waals surface area contributed by atoms with Crippen molar-refractivity contribution >= 4 is 5.91 Å². The minimum Gasteiger partial charge on any atom is -0.383 e. The standard InChI is InChI=1S/C21H22N2O2/c1-15(14-25-2)23-21(24)18-11-6-10-17(16-8-4-3-5-9-16)20(18)19-12-7-13-22-19/h3-13,15,22H,14H2,1-2H3,(H,23,24). The molecule has 0 saturated carbocycles. The van der Waals surface area contributed by atoms with Crippen LogP contribution in [0.2, 0.25) is 0 Å². The molecule has 0 aliphatic rings. The summed E-state index contributed by atoms with van der Waals surface area (Å²) in [5, 5.41) is 3.00. The Bertz CT molecular complexity index is 826. The third-order valence-corrected chi connectivity index (χ3v) is 4.06. The first-order chi connectivity index (χ1) is 12.2. The topological polar surface area (TPSA) is 54.1 Å². The van der Waals surface area contributed by atoms with Crippen LogP contribution in [0.4, 0.5) is 0 Å². The van der Waals surface area contributed by atoms with Gasteiger partial charge in [-0.15, -0.1) is 0 Å². The average molecular weight is 334 g/mol. The second kappa shape index (κ2) is 7.81. The third-order valence-electron chi connectivity index (χ3n) is 4.06. The molecule has 1 unspecified atom stereocenters. The molecule has 3 rings (SSSR count). The van der Waals surface area contributed by atoms with E-state index in [0.717, 1.165) is 22.4 Å². The van der Waals surface area contributed by atoms with E-state index in [4.69, 9.17) is 4.74 Å². The van der Waals surface area contributed by atoms with Gasteiger partial charge in [0.15, 0.2) is 0 Å². The number of H-pyrrole nitrogens is 1. The lowest BCUT2D eigenvalue weighted by molar-refractivity contribution is 0.0906. The van der Waals surface area contributed by atoms with Gasteiger partial charge >= 0.3 is 0 Å². The fourth-order valence-electron chi connectivity index (χ4n) is 2.97. The molecule has 0 fully saturated rings. The Morgan fingerprint density at radius 1 is 1.08 bits per heavy atom. The Hall–Kier alpha value is -2.85. The quantitative estimate of drug-likeness (QED) is 0.713.